The molecule has 0 bridgehead atoms. The van der Waals surface area contributed by atoms with E-state index in [0.29, 0.717) is 30.2 Å². The summed E-state index contributed by atoms with van der Waals surface area (Å²) >= 11 is 0.0586. The number of hydrogen-bond donors (Lipinski definition) is 0. The zero-order chi connectivity index (χ0) is 22.7. The van der Waals surface area contributed by atoms with Gasteiger partial charge in [-0.3, -0.25) is 0 Å². The molecule has 0 saturated heterocycles. The van der Waals surface area contributed by atoms with Gasteiger partial charge in [0.2, 0.25) is 0 Å². The van der Waals surface area contributed by atoms with E-state index in [2.05, 4.69) is 125 Å². The Balaban J connectivity index is 7.45. The van der Waals surface area contributed by atoms with E-state index in [1.165, 1.54) is 0 Å². The fraction of sp³-hybridized carbons (Fsp3) is 1.00. The highest BCUT2D eigenvalue weighted by Crippen LogP contribution is 2.61. The smallest absolute Gasteiger partial charge is 0.0587 e. The summed E-state index contributed by atoms with van der Waals surface area (Å²) in [6.07, 6.45) is 0. The van der Waals surface area contributed by atoms with Crippen LogP contribution in [0, 0.1) is 0 Å². The van der Waals surface area contributed by atoms with Crippen molar-refractivity contribution < 1.29 is 19.6 Å². The Kier molecular flexibility index (Phi) is 7.71. The molecule has 0 fully saturated rings. The summed E-state index contributed by atoms with van der Waals surface area (Å²) in [4.78, 5) is 0. The third-order valence-corrected chi connectivity index (χ3v) is 64.8. The van der Waals surface area contributed by atoms with Gasteiger partial charge in [-0.2, -0.15) is 0 Å². The van der Waals surface area contributed by atoms with Gasteiger partial charge >= 0.3 is 11.1 Å². The van der Waals surface area contributed by atoms with E-state index in [1.807, 2.05) is 0 Å². The highest BCUT2D eigenvalue weighted by Gasteiger charge is 2.81. The zero-order valence-electron chi connectivity index (χ0n) is 22.4. The van der Waals surface area contributed by atoms with E-state index < -0.39 is 11.1 Å². The molecule has 0 N–H and O–H groups in total. The maximum atomic E-state index is 2.60. The Morgan fingerprint density at radius 3 is 0.481 bits per heavy atom. The average molecular weight is 526 g/mol. The summed E-state index contributed by atoms with van der Waals surface area (Å²) in [7, 11) is 0. The molecule has 0 aromatic heterocycles. The van der Waals surface area contributed by atoms with Crippen LogP contribution in [0.2, 0.25) is 30.2 Å². The molecule has 0 aliphatic rings. The second-order valence-corrected chi connectivity index (χ2v) is 41.9. The largest absolute Gasteiger partial charge is 0.331 e. The fourth-order valence-corrected chi connectivity index (χ4v) is 84.4. The van der Waals surface area contributed by atoms with Gasteiger partial charge in [-0.1, -0.05) is 125 Å². The predicted molar refractivity (Wildman–Crippen MR) is 130 cm³/mol. The standard InChI is InChI=1S/C24H54ISi2/c1-19(2,3)26(20(4,5)6,21(7,8)9)25-27(22(10,11)12,23(13,14)15)24(16,17)18/h1-18H3/q+1. The van der Waals surface area contributed by atoms with E-state index >= 15 is 0 Å². The second-order valence-electron chi connectivity index (χ2n) is 14.9. The van der Waals surface area contributed by atoms with Crippen LogP contribution in [0.15, 0.2) is 0 Å². The molecule has 0 atom stereocenters. The molecule has 0 heterocycles. The van der Waals surface area contributed by atoms with Crippen LogP contribution in [0.25, 0.3) is 0 Å². The van der Waals surface area contributed by atoms with Crippen LogP contribution < -0.4 is 19.6 Å². The first-order chi connectivity index (χ1) is 11.2. The lowest BCUT2D eigenvalue weighted by Gasteiger charge is -2.57. The van der Waals surface area contributed by atoms with Gasteiger partial charge in [0.25, 0.3) is 0 Å². The lowest BCUT2D eigenvalue weighted by molar-refractivity contribution is -0.422. The highest BCUT2D eigenvalue weighted by atomic mass is 127. The van der Waals surface area contributed by atoms with E-state index in [4.69, 9.17) is 0 Å². The molecule has 0 aromatic carbocycles. The summed E-state index contributed by atoms with van der Waals surface area (Å²) in [5.41, 5.74) is -3.39. The minimum atomic E-state index is -1.69. The van der Waals surface area contributed by atoms with Gasteiger partial charge in [-0.25, -0.2) is 0 Å². The van der Waals surface area contributed by atoms with Crippen LogP contribution in [0.5, 0.6) is 0 Å². The number of halogens is 1. The van der Waals surface area contributed by atoms with Crippen LogP contribution in [-0.2, 0) is 0 Å². The third kappa shape index (κ3) is 4.60. The summed E-state index contributed by atoms with van der Waals surface area (Å²) < 4.78 is 0. The SMILES string of the molecule is CC(C)(C)[Si]([I+][Si](C(C)(C)C)(C(C)(C)C)C(C)(C)C)(C(C)(C)C)C(C)(C)C. The molecule has 0 aliphatic carbocycles. The number of rotatable bonds is 2. The van der Waals surface area contributed by atoms with E-state index in [1.54, 1.807) is 0 Å². The van der Waals surface area contributed by atoms with Crippen molar-refractivity contribution in [3.63, 3.8) is 0 Å². The third-order valence-electron chi connectivity index (χ3n) is 6.48. The topological polar surface area (TPSA) is 0 Å². The molecule has 27 heavy (non-hydrogen) atoms. The van der Waals surface area contributed by atoms with Gasteiger partial charge in [0, 0.05) is 30.2 Å². The van der Waals surface area contributed by atoms with Gasteiger partial charge in [0.15, 0.2) is 0 Å². The van der Waals surface area contributed by atoms with Crippen LogP contribution in [0.4, 0.5) is 0 Å². The van der Waals surface area contributed by atoms with Crippen LogP contribution in [-0.4, -0.2) is 11.1 Å². The van der Waals surface area contributed by atoms with E-state index in [0.717, 1.165) is 0 Å². The first-order valence-corrected chi connectivity index (χ1v) is 21.1. The minimum Gasteiger partial charge on any atom is -0.0587 e. The van der Waals surface area contributed by atoms with Gasteiger partial charge in [0.1, 0.15) is 19.6 Å². The molecule has 0 nitrogen and oxygen atoms in total. The summed E-state index contributed by atoms with van der Waals surface area (Å²) in [5, 5.41) is 2.48. The van der Waals surface area contributed by atoms with Crippen molar-refractivity contribution in [2.24, 2.45) is 0 Å². The Hall–Kier alpha value is 1.16. The Labute approximate surface area is 184 Å². The Bertz CT molecular complexity index is 385. The molecule has 0 spiro atoms. The quantitative estimate of drug-likeness (QED) is 0.212. The fourth-order valence-electron chi connectivity index (χ4n) is 7.81. The highest BCUT2D eigenvalue weighted by molar-refractivity contribution is 6.90. The molecule has 0 radical (unpaired) electrons. The maximum absolute atomic E-state index is 2.60. The van der Waals surface area contributed by atoms with Crippen LogP contribution in [0.3, 0.4) is 0 Å². The molecule has 0 amide bonds. The first kappa shape index (κ1) is 28.2. The van der Waals surface area contributed by atoms with Gasteiger partial charge in [0.05, 0.1) is 0 Å². The number of hydrogen-bond acceptors (Lipinski definition) is 0. The second kappa shape index (κ2) is 7.39. The van der Waals surface area contributed by atoms with Crippen molar-refractivity contribution in [1.82, 2.24) is 0 Å². The van der Waals surface area contributed by atoms with Crippen LogP contribution in [0.1, 0.15) is 125 Å². The minimum absolute atomic E-state index is 0.0586. The van der Waals surface area contributed by atoms with Gasteiger partial charge in [-0.05, 0) is 0 Å². The average Bonchev–Trinajstić information content (AvgIpc) is 2.16. The van der Waals surface area contributed by atoms with E-state index in [9.17, 15) is 0 Å². The first-order valence-electron chi connectivity index (χ1n) is 10.9. The molecule has 3 heteroatoms. The Morgan fingerprint density at radius 2 is 0.407 bits per heavy atom. The van der Waals surface area contributed by atoms with Gasteiger partial charge < -0.3 is 0 Å². The molecule has 0 aromatic rings. The van der Waals surface area contributed by atoms with Crippen molar-refractivity contribution in [1.29, 1.82) is 0 Å². The monoisotopic (exact) mass is 525 g/mol. The summed E-state index contributed by atoms with van der Waals surface area (Å²) in [6.45, 7) is 46.8. The van der Waals surface area contributed by atoms with Crippen molar-refractivity contribution in [3.8, 4) is 0 Å². The Morgan fingerprint density at radius 1 is 0.296 bits per heavy atom. The molecule has 164 valence electrons. The zero-order valence-corrected chi connectivity index (χ0v) is 26.5. The lowest BCUT2D eigenvalue weighted by Crippen LogP contribution is -3.80. The lowest BCUT2D eigenvalue weighted by atomic mass is 10.2. The van der Waals surface area contributed by atoms with Crippen molar-refractivity contribution in [2.75, 3.05) is 0 Å². The van der Waals surface area contributed by atoms with Crippen molar-refractivity contribution in [3.05, 3.63) is 0 Å². The van der Waals surface area contributed by atoms with E-state index in [-0.39, 0.29) is 19.6 Å². The maximum Gasteiger partial charge on any atom is 0.331 e. The summed E-state index contributed by atoms with van der Waals surface area (Å²) in [5.74, 6) is 0. The van der Waals surface area contributed by atoms with Gasteiger partial charge in [-0.15, -0.1) is 0 Å². The van der Waals surface area contributed by atoms with Crippen molar-refractivity contribution in [2.45, 2.75) is 155 Å². The molecule has 0 unspecified atom stereocenters. The summed E-state index contributed by atoms with van der Waals surface area (Å²) in [6, 6.07) is 0. The molecular weight excluding hydrogens is 471 g/mol. The molecular formula is C24H54ISi2+. The normalized spacial score (nSPS) is 16.7. The van der Waals surface area contributed by atoms with Crippen molar-refractivity contribution >= 4 is 11.1 Å². The molecule has 0 aliphatic heterocycles. The molecule has 0 saturated carbocycles. The predicted octanol–water partition coefficient (Wildman–Crippen LogP) is 6.77. The van der Waals surface area contributed by atoms with Crippen LogP contribution >= 0.6 is 0 Å². The molecule has 0 rings (SSSR count).